The van der Waals surface area contributed by atoms with Gasteiger partial charge in [-0.05, 0) is 11.6 Å². The Hall–Kier alpha value is -0.180. The van der Waals surface area contributed by atoms with E-state index >= 15 is 0 Å². The normalized spacial score (nSPS) is 9.14. The quantitative estimate of drug-likeness (QED) is 0.351. The summed E-state index contributed by atoms with van der Waals surface area (Å²) in [5, 5.41) is 0. The van der Waals surface area contributed by atoms with Gasteiger partial charge in [0.1, 0.15) is 0 Å². The van der Waals surface area contributed by atoms with Gasteiger partial charge < -0.3 is 0 Å². The van der Waals surface area contributed by atoms with Crippen LogP contribution in [0.4, 0.5) is 13.2 Å². The fourth-order valence-corrected chi connectivity index (χ4v) is 0. The van der Waals surface area contributed by atoms with Gasteiger partial charge in [-0.15, -0.1) is 13.2 Å². The summed E-state index contributed by atoms with van der Waals surface area (Å²) in [4.78, 5) is 0. The molecule has 0 saturated carbocycles. The first kappa shape index (κ1) is 9.94. The zero-order valence-electron chi connectivity index (χ0n) is 3.43. The zero-order valence-corrected chi connectivity index (χ0v) is 4.18. The first-order valence-corrected chi connectivity index (χ1v) is 1.63. The molecule has 4 heteroatoms. The summed E-state index contributed by atoms with van der Waals surface area (Å²) in [7, 11) is 0. The van der Waals surface area contributed by atoms with Crippen molar-refractivity contribution in [3.05, 3.63) is 13.2 Å². The molecule has 0 nitrogen and oxygen atoms in total. The summed E-state index contributed by atoms with van der Waals surface area (Å²) < 4.78 is 30.4. The molecule has 0 aliphatic rings. The third kappa shape index (κ3) is 2620. The number of hydrogen-bond acceptors (Lipinski definition) is 0. The predicted molar refractivity (Wildman–Crippen MR) is 23.2 cm³/mol. The van der Waals surface area contributed by atoms with E-state index in [1.807, 2.05) is 0 Å². The van der Waals surface area contributed by atoms with Gasteiger partial charge in [-0.2, -0.15) is 13.2 Å². The van der Waals surface area contributed by atoms with Crippen molar-refractivity contribution >= 4 is 11.6 Å². The van der Waals surface area contributed by atoms with Crippen molar-refractivity contribution in [1.82, 2.24) is 0 Å². The van der Waals surface area contributed by atoms with Crippen LogP contribution in [0, 0.1) is 0 Å². The Morgan fingerprint density at radius 3 is 1.14 bits per heavy atom. The minimum atomic E-state index is -4.53. The fourth-order valence-electron chi connectivity index (χ4n) is 0. The summed E-state index contributed by atoms with van der Waals surface area (Å²) in [6, 6.07) is 0. The molecular formula is C3H4ClF3. The van der Waals surface area contributed by atoms with Gasteiger partial charge >= 0.3 is 5.64 Å². The Labute approximate surface area is 44.6 Å². The van der Waals surface area contributed by atoms with Crippen LogP contribution in [-0.4, -0.2) is 5.64 Å². The summed E-state index contributed by atoms with van der Waals surface area (Å²) in [5.74, 6) is 0. The van der Waals surface area contributed by atoms with E-state index in [9.17, 15) is 13.2 Å². The van der Waals surface area contributed by atoms with Crippen molar-refractivity contribution in [3.8, 4) is 0 Å². The molecule has 0 saturated heterocycles. The SMILES string of the molecule is C=C.FC(F)(F)Cl. The standard InChI is InChI=1S/C2H4.CClF3/c1-2;2-1(3,4)5/h1-2H2;. The molecule has 7 heavy (non-hydrogen) atoms. The molecule has 44 valence electrons. The highest BCUT2D eigenvalue weighted by Gasteiger charge is 2.20. The Morgan fingerprint density at radius 1 is 1.14 bits per heavy atom. The van der Waals surface area contributed by atoms with Crippen LogP contribution in [0.3, 0.4) is 0 Å². The van der Waals surface area contributed by atoms with Gasteiger partial charge in [0.25, 0.3) is 0 Å². The highest BCUT2D eigenvalue weighted by Crippen LogP contribution is 2.18. The van der Waals surface area contributed by atoms with E-state index in [1.54, 1.807) is 0 Å². The average molecular weight is 133 g/mol. The molecule has 0 radical (unpaired) electrons. The van der Waals surface area contributed by atoms with E-state index in [0.29, 0.717) is 0 Å². The maximum atomic E-state index is 10.1. The average Bonchev–Trinajstić information content (AvgIpc) is 1.36. The molecule has 0 aromatic heterocycles. The smallest absolute Gasteiger partial charge is 0.156 e. The maximum Gasteiger partial charge on any atom is 0.475 e. The van der Waals surface area contributed by atoms with E-state index in [1.165, 1.54) is 0 Å². The summed E-state index contributed by atoms with van der Waals surface area (Å²) >= 11 is 3.53. The third-order valence-electron chi connectivity index (χ3n) is 0. The highest BCUT2D eigenvalue weighted by atomic mass is 35.5. The molecule has 0 atom stereocenters. The molecule has 0 fully saturated rings. The lowest BCUT2D eigenvalue weighted by Gasteiger charge is -1.84. The second kappa shape index (κ2) is 3.99. The van der Waals surface area contributed by atoms with Crippen molar-refractivity contribution in [2.75, 3.05) is 0 Å². The van der Waals surface area contributed by atoms with Crippen molar-refractivity contribution in [1.29, 1.82) is 0 Å². The van der Waals surface area contributed by atoms with Crippen molar-refractivity contribution in [2.24, 2.45) is 0 Å². The van der Waals surface area contributed by atoms with Gasteiger partial charge in [-0.25, -0.2) is 0 Å². The minimum Gasteiger partial charge on any atom is -0.156 e. The van der Waals surface area contributed by atoms with Crippen LogP contribution in [0.1, 0.15) is 0 Å². The van der Waals surface area contributed by atoms with Crippen molar-refractivity contribution < 1.29 is 13.2 Å². The van der Waals surface area contributed by atoms with Gasteiger partial charge in [-0.3, -0.25) is 0 Å². The van der Waals surface area contributed by atoms with Crippen LogP contribution in [0.5, 0.6) is 0 Å². The van der Waals surface area contributed by atoms with E-state index in [-0.39, 0.29) is 0 Å². The first-order valence-electron chi connectivity index (χ1n) is 1.26. The molecule has 0 spiro atoms. The third-order valence-corrected chi connectivity index (χ3v) is 0. The number of hydrogen-bond donors (Lipinski definition) is 0. The molecule has 0 aromatic rings. The van der Waals surface area contributed by atoms with Gasteiger partial charge in [-0.1, -0.05) is 0 Å². The summed E-state index contributed by atoms with van der Waals surface area (Å²) in [6.45, 7) is 6.00. The lowest BCUT2D eigenvalue weighted by Crippen LogP contribution is -1.89. The van der Waals surface area contributed by atoms with Gasteiger partial charge in [0.2, 0.25) is 0 Å². The molecule has 0 heterocycles. The van der Waals surface area contributed by atoms with E-state index in [4.69, 9.17) is 0 Å². The Morgan fingerprint density at radius 2 is 1.14 bits per heavy atom. The summed E-state index contributed by atoms with van der Waals surface area (Å²) in [6.07, 6.45) is 0. The largest absolute Gasteiger partial charge is 0.475 e. The topological polar surface area (TPSA) is 0 Å². The molecule has 0 aliphatic carbocycles. The predicted octanol–water partition coefficient (Wildman–Crippen LogP) is 2.55. The lowest BCUT2D eigenvalue weighted by atomic mass is 11.3. The monoisotopic (exact) mass is 132 g/mol. The summed E-state index contributed by atoms with van der Waals surface area (Å²) in [5.41, 5.74) is -4.53. The molecule has 0 rings (SSSR count). The molecule has 0 unspecified atom stereocenters. The highest BCUT2D eigenvalue weighted by molar-refractivity contribution is 6.20. The fraction of sp³-hybridized carbons (Fsp3) is 0.333. The molecule has 0 amide bonds. The zero-order chi connectivity index (χ0) is 6.50. The van der Waals surface area contributed by atoms with E-state index in [0.717, 1.165) is 0 Å². The van der Waals surface area contributed by atoms with E-state index in [2.05, 4.69) is 24.8 Å². The molecule has 0 bridgehead atoms. The second-order valence-electron chi connectivity index (χ2n) is 0.429. The van der Waals surface area contributed by atoms with Gasteiger partial charge in [0.15, 0.2) is 0 Å². The first-order chi connectivity index (χ1) is 3.00. The van der Waals surface area contributed by atoms with Crippen LogP contribution >= 0.6 is 11.6 Å². The molecular weight excluding hydrogens is 128 g/mol. The number of halogens is 4. The van der Waals surface area contributed by atoms with Crippen LogP contribution in [0.25, 0.3) is 0 Å². The lowest BCUT2D eigenvalue weighted by molar-refractivity contribution is -0.0420. The van der Waals surface area contributed by atoms with Gasteiger partial charge in [0.05, 0.1) is 0 Å². The van der Waals surface area contributed by atoms with Crippen LogP contribution in [0.2, 0.25) is 0 Å². The molecule has 0 N–H and O–H groups in total. The Bertz CT molecular complexity index is 33.9. The second-order valence-corrected chi connectivity index (χ2v) is 0.857. The Kier molecular flexibility index (Phi) is 5.67. The van der Waals surface area contributed by atoms with Crippen molar-refractivity contribution in [2.45, 2.75) is 5.64 Å². The van der Waals surface area contributed by atoms with Gasteiger partial charge in [0, 0.05) is 0 Å². The van der Waals surface area contributed by atoms with Crippen molar-refractivity contribution in [3.63, 3.8) is 0 Å². The number of rotatable bonds is 0. The van der Waals surface area contributed by atoms with Crippen LogP contribution < -0.4 is 0 Å². The molecule has 0 aliphatic heterocycles. The number of alkyl halides is 4. The van der Waals surface area contributed by atoms with Crippen LogP contribution in [0.15, 0.2) is 13.2 Å². The van der Waals surface area contributed by atoms with E-state index < -0.39 is 5.64 Å². The van der Waals surface area contributed by atoms with Crippen LogP contribution in [-0.2, 0) is 0 Å². The Balaban J connectivity index is 0. The molecule has 0 aromatic carbocycles. The maximum absolute atomic E-state index is 10.1. The minimum absolute atomic E-state index is 3.00.